The van der Waals surface area contributed by atoms with Gasteiger partial charge in [-0.25, -0.2) is 4.98 Å². The summed E-state index contributed by atoms with van der Waals surface area (Å²) in [5.74, 6) is 2.02. The summed E-state index contributed by atoms with van der Waals surface area (Å²) in [4.78, 5) is 10.5. The van der Waals surface area contributed by atoms with Gasteiger partial charge in [0.1, 0.15) is 5.82 Å². The molecule has 0 unspecified atom stereocenters. The standard InChI is InChI=1S/C26H40N4O/c1-2-30-25-12-6-5-11-24(25)27-26(30)20-28(19-23-10-7-17-31-23)18-21-13-15-29(16-14-21)22-8-3-4-9-22/h5-6,11-12,21-23H,2-4,7-10,13-20H2,1H3/t23-/m0/s1. The maximum atomic E-state index is 6.03. The van der Waals surface area contributed by atoms with E-state index in [1.54, 1.807) is 0 Å². The van der Waals surface area contributed by atoms with Gasteiger partial charge < -0.3 is 14.2 Å². The van der Waals surface area contributed by atoms with E-state index in [-0.39, 0.29) is 0 Å². The Labute approximate surface area is 187 Å². The largest absolute Gasteiger partial charge is 0.377 e. The SMILES string of the molecule is CCn1c(CN(CC2CCN(C3CCCC3)CC2)C[C@@H]2CCCO2)nc2ccccc21. The summed E-state index contributed by atoms with van der Waals surface area (Å²) in [5.41, 5.74) is 2.39. The van der Waals surface area contributed by atoms with E-state index in [9.17, 15) is 0 Å². The molecule has 2 aromatic rings. The van der Waals surface area contributed by atoms with Crippen LogP contribution in [-0.2, 0) is 17.8 Å². The maximum Gasteiger partial charge on any atom is 0.124 e. The number of fused-ring (bicyclic) bond motifs is 1. The molecule has 1 saturated carbocycles. The molecule has 5 heteroatoms. The molecular weight excluding hydrogens is 384 g/mol. The van der Waals surface area contributed by atoms with Crippen molar-refractivity contribution < 1.29 is 4.74 Å². The van der Waals surface area contributed by atoms with Gasteiger partial charge in [-0.15, -0.1) is 0 Å². The highest BCUT2D eigenvalue weighted by Crippen LogP contribution is 2.29. The first kappa shape index (κ1) is 21.4. The zero-order valence-electron chi connectivity index (χ0n) is 19.3. The average molecular weight is 425 g/mol. The number of ether oxygens (including phenoxy) is 1. The van der Waals surface area contributed by atoms with E-state index in [2.05, 4.69) is 45.6 Å². The Hall–Kier alpha value is -1.43. The van der Waals surface area contributed by atoms with E-state index >= 15 is 0 Å². The zero-order chi connectivity index (χ0) is 21.0. The van der Waals surface area contributed by atoms with Gasteiger partial charge in [-0.2, -0.15) is 0 Å². The van der Waals surface area contributed by atoms with Gasteiger partial charge in [0, 0.05) is 32.3 Å². The number of imidazole rings is 1. The zero-order valence-corrected chi connectivity index (χ0v) is 19.3. The number of aryl methyl sites for hydroxylation is 1. The van der Waals surface area contributed by atoms with Crippen molar-refractivity contribution in [1.82, 2.24) is 19.4 Å². The number of aromatic nitrogens is 2. The van der Waals surface area contributed by atoms with Gasteiger partial charge in [-0.05, 0) is 76.6 Å². The summed E-state index contributed by atoms with van der Waals surface area (Å²) >= 11 is 0. The highest BCUT2D eigenvalue weighted by atomic mass is 16.5. The first-order chi connectivity index (χ1) is 15.3. The molecule has 5 nitrogen and oxygen atoms in total. The monoisotopic (exact) mass is 424 g/mol. The number of piperidine rings is 1. The molecule has 2 saturated heterocycles. The summed E-state index contributed by atoms with van der Waals surface area (Å²) in [5, 5.41) is 0. The van der Waals surface area contributed by atoms with Crippen LogP contribution in [0.4, 0.5) is 0 Å². The van der Waals surface area contributed by atoms with Gasteiger partial charge in [0.2, 0.25) is 0 Å². The third-order valence-corrected chi connectivity index (χ3v) is 7.91. The van der Waals surface area contributed by atoms with Crippen LogP contribution in [-0.4, -0.2) is 64.3 Å². The molecular formula is C26H40N4O. The predicted molar refractivity (Wildman–Crippen MR) is 126 cm³/mol. The number of likely N-dealkylation sites (tertiary alicyclic amines) is 1. The Morgan fingerprint density at radius 2 is 1.81 bits per heavy atom. The van der Waals surface area contributed by atoms with Gasteiger partial charge in [-0.3, -0.25) is 4.90 Å². The number of hydrogen-bond donors (Lipinski definition) is 0. The molecule has 3 heterocycles. The molecule has 170 valence electrons. The van der Waals surface area contributed by atoms with Crippen LogP contribution >= 0.6 is 0 Å². The lowest BCUT2D eigenvalue weighted by Crippen LogP contribution is -2.43. The van der Waals surface area contributed by atoms with E-state index in [0.29, 0.717) is 6.10 Å². The molecule has 2 aliphatic heterocycles. The van der Waals surface area contributed by atoms with E-state index < -0.39 is 0 Å². The van der Waals surface area contributed by atoms with Crippen LogP contribution in [0.2, 0.25) is 0 Å². The van der Waals surface area contributed by atoms with Gasteiger partial charge in [-0.1, -0.05) is 25.0 Å². The lowest BCUT2D eigenvalue weighted by molar-refractivity contribution is 0.0527. The van der Waals surface area contributed by atoms with Crippen molar-refractivity contribution in [2.75, 3.05) is 32.8 Å². The Kier molecular flexibility index (Phi) is 6.92. The summed E-state index contributed by atoms with van der Waals surface area (Å²) < 4.78 is 8.44. The van der Waals surface area contributed by atoms with Crippen molar-refractivity contribution in [3.8, 4) is 0 Å². The quantitative estimate of drug-likeness (QED) is 0.615. The van der Waals surface area contributed by atoms with Crippen molar-refractivity contribution in [2.24, 2.45) is 5.92 Å². The van der Waals surface area contributed by atoms with E-state index in [4.69, 9.17) is 9.72 Å². The Morgan fingerprint density at radius 3 is 2.55 bits per heavy atom. The first-order valence-electron chi connectivity index (χ1n) is 12.8. The third-order valence-electron chi connectivity index (χ3n) is 7.91. The van der Waals surface area contributed by atoms with Crippen LogP contribution in [0.3, 0.4) is 0 Å². The maximum absolute atomic E-state index is 6.03. The molecule has 0 radical (unpaired) electrons. The van der Waals surface area contributed by atoms with Crippen LogP contribution in [0.15, 0.2) is 24.3 Å². The molecule has 31 heavy (non-hydrogen) atoms. The molecule has 3 aliphatic rings. The van der Waals surface area contributed by atoms with Crippen LogP contribution in [0.1, 0.15) is 64.1 Å². The van der Waals surface area contributed by atoms with Crippen molar-refractivity contribution in [1.29, 1.82) is 0 Å². The lowest BCUT2D eigenvalue weighted by Gasteiger charge is -2.38. The Balaban J connectivity index is 1.26. The van der Waals surface area contributed by atoms with Crippen LogP contribution in [0.25, 0.3) is 11.0 Å². The average Bonchev–Trinajstić information content (AvgIpc) is 3.55. The second kappa shape index (κ2) is 10.0. The Bertz CT molecular complexity index is 829. The molecule has 0 N–H and O–H groups in total. The van der Waals surface area contributed by atoms with E-state index in [1.807, 2.05) is 0 Å². The molecule has 3 fully saturated rings. The second-order valence-electron chi connectivity index (χ2n) is 10.0. The third kappa shape index (κ3) is 4.99. The highest BCUT2D eigenvalue weighted by Gasteiger charge is 2.29. The lowest BCUT2D eigenvalue weighted by atomic mass is 9.94. The number of hydrogen-bond acceptors (Lipinski definition) is 4. The molecule has 0 bridgehead atoms. The van der Waals surface area contributed by atoms with Gasteiger partial charge >= 0.3 is 0 Å². The number of nitrogens with zero attached hydrogens (tertiary/aromatic N) is 4. The van der Waals surface area contributed by atoms with Gasteiger partial charge in [0.05, 0.1) is 23.7 Å². The highest BCUT2D eigenvalue weighted by molar-refractivity contribution is 5.75. The number of para-hydroxylation sites is 2. The normalized spacial score (nSPS) is 24.1. The van der Waals surface area contributed by atoms with Crippen molar-refractivity contribution in [3.05, 3.63) is 30.1 Å². The molecule has 0 amide bonds. The van der Waals surface area contributed by atoms with Crippen LogP contribution < -0.4 is 0 Å². The van der Waals surface area contributed by atoms with Crippen LogP contribution in [0, 0.1) is 5.92 Å². The molecule has 1 atom stereocenters. The topological polar surface area (TPSA) is 33.5 Å². The second-order valence-corrected chi connectivity index (χ2v) is 10.0. The number of rotatable bonds is 8. The molecule has 0 spiro atoms. The fraction of sp³-hybridized carbons (Fsp3) is 0.731. The minimum Gasteiger partial charge on any atom is -0.377 e. The Morgan fingerprint density at radius 1 is 1.00 bits per heavy atom. The summed E-state index contributed by atoms with van der Waals surface area (Å²) in [7, 11) is 0. The fourth-order valence-corrected chi connectivity index (χ4v) is 6.21. The van der Waals surface area contributed by atoms with Crippen molar-refractivity contribution in [3.63, 3.8) is 0 Å². The van der Waals surface area contributed by atoms with E-state index in [0.717, 1.165) is 43.7 Å². The predicted octanol–water partition coefficient (Wildman–Crippen LogP) is 4.69. The summed E-state index contributed by atoms with van der Waals surface area (Å²) in [6.45, 7) is 9.93. The molecule has 1 aliphatic carbocycles. The fourth-order valence-electron chi connectivity index (χ4n) is 6.21. The number of benzene rings is 1. The van der Waals surface area contributed by atoms with E-state index in [1.165, 1.54) is 82.3 Å². The summed E-state index contributed by atoms with van der Waals surface area (Å²) in [6, 6.07) is 9.46. The molecule has 5 rings (SSSR count). The van der Waals surface area contributed by atoms with Crippen molar-refractivity contribution >= 4 is 11.0 Å². The smallest absolute Gasteiger partial charge is 0.124 e. The summed E-state index contributed by atoms with van der Waals surface area (Å²) in [6.07, 6.45) is 11.3. The van der Waals surface area contributed by atoms with Gasteiger partial charge in [0.25, 0.3) is 0 Å². The van der Waals surface area contributed by atoms with Gasteiger partial charge in [0.15, 0.2) is 0 Å². The van der Waals surface area contributed by atoms with Crippen LogP contribution in [0.5, 0.6) is 0 Å². The molecule has 1 aromatic heterocycles. The minimum absolute atomic E-state index is 0.401. The van der Waals surface area contributed by atoms with Crippen molar-refractivity contribution in [2.45, 2.75) is 83.5 Å². The minimum atomic E-state index is 0.401. The first-order valence-corrected chi connectivity index (χ1v) is 12.8. The molecule has 1 aromatic carbocycles.